The fourth-order valence-electron chi connectivity index (χ4n) is 8.50. The fourth-order valence-corrected chi connectivity index (χ4v) is 10.6. The second kappa shape index (κ2) is 17.7. The monoisotopic (exact) mass is 976 g/mol. The Labute approximate surface area is 368 Å². The van der Waals surface area contributed by atoms with Crippen LogP contribution < -0.4 is 0 Å². The van der Waals surface area contributed by atoms with Gasteiger partial charge in [-0.2, -0.15) is 33.7 Å². The molecule has 12 N–H and O–H groups in total. The summed E-state index contributed by atoms with van der Waals surface area (Å²) in [6.45, 7) is 4.75. The Morgan fingerprint density at radius 1 is 0.312 bits per heavy atom. The molecule has 0 radical (unpaired) electrons. The van der Waals surface area contributed by atoms with Gasteiger partial charge in [-0.15, -0.1) is 0 Å². The molecule has 24 heteroatoms. The topological polar surface area (TPSA) is 379 Å². The highest BCUT2D eigenvalue weighted by Gasteiger charge is 2.37. The molecule has 1 aliphatic carbocycles. The predicted molar refractivity (Wildman–Crippen MR) is 230 cm³/mol. The van der Waals surface area contributed by atoms with E-state index in [2.05, 4.69) is 0 Å². The van der Waals surface area contributed by atoms with E-state index < -0.39 is 159 Å². The zero-order valence-corrected chi connectivity index (χ0v) is 37.8. The average molecular weight is 977 g/mol. The van der Waals surface area contributed by atoms with Crippen LogP contribution in [0, 0.1) is 27.7 Å². The van der Waals surface area contributed by atoms with Gasteiger partial charge in [0, 0.05) is 90.4 Å². The van der Waals surface area contributed by atoms with Crippen molar-refractivity contribution >= 4 is 40.5 Å². The van der Waals surface area contributed by atoms with Gasteiger partial charge < -0.3 is 40.9 Å². The standard InChI is InChI=1S/C40H48O20S4/c1-17-33(41)25-13-26(34(17)42)22(6-10-62(52,53)54)28-15-30(38(46)19(3)36(28)44)24(8-12-64(58,59)60)32-16-31(39(47)20(4)40(32)48)23(7-11-63(55,56)57)29-14-27(35(43)18(2)37(29)45)21(25)5-9-61(49,50)51/h13-16,21-24,41-48H,5-12H2,1-4H3,(H,49,50,51)(H,52,53,54)(H,55,56,57)(H,58,59,60). The van der Waals surface area contributed by atoms with Crippen molar-refractivity contribution in [3.05, 3.63) is 91.0 Å². The predicted octanol–water partition coefficient (Wildman–Crippen LogP) is 4.52. The van der Waals surface area contributed by atoms with Crippen molar-refractivity contribution in [2.45, 2.75) is 77.0 Å². The average Bonchev–Trinajstić information content (AvgIpc) is 3.17. The molecule has 8 bridgehead atoms. The van der Waals surface area contributed by atoms with Gasteiger partial charge in [0.1, 0.15) is 46.0 Å². The molecule has 4 aromatic rings. The lowest BCUT2D eigenvalue weighted by Gasteiger charge is -2.30. The van der Waals surface area contributed by atoms with Crippen LogP contribution >= 0.6 is 0 Å². The van der Waals surface area contributed by atoms with E-state index in [0.29, 0.717) is 0 Å². The molecule has 0 saturated carbocycles. The summed E-state index contributed by atoms with van der Waals surface area (Å²) in [5.74, 6) is -16.4. The molecule has 0 aliphatic heterocycles. The van der Waals surface area contributed by atoms with Crippen LogP contribution in [0.5, 0.6) is 46.0 Å². The SMILES string of the molecule is Cc1c(O)c2cc(c1O)C(CCS(=O)(=O)O)c1cc(c(O)c(C)c1O)C(CCS(=O)(=O)O)c1cc(c(O)c(C)c1O)C(CCS(=O)(=O)O)c1cc(c(O)c(C)c1O)C2CCS(=O)(=O)O. The van der Waals surface area contributed by atoms with Gasteiger partial charge >= 0.3 is 0 Å². The van der Waals surface area contributed by atoms with Crippen molar-refractivity contribution in [1.29, 1.82) is 0 Å². The normalized spacial score (nSPS) is 18.2. The number of rotatable bonds is 12. The van der Waals surface area contributed by atoms with Gasteiger partial charge in [0.15, 0.2) is 0 Å². The van der Waals surface area contributed by atoms with Crippen LogP contribution in [0.25, 0.3) is 0 Å². The summed E-state index contributed by atoms with van der Waals surface area (Å²) in [6.07, 6.45) is -2.74. The molecule has 0 amide bonds. The molecule has 0 spiro atoms. The molecule has 0 aromatic heterocycles. The summed E-state index contributed by atoms with van der Waals surface area (Å²) in [6, 6.07) is 4.24. The Bertz CT molecular complexity index is 2480. The zero-order valence-electron chi connectivity index (χ0n) is 34.5. The van der Waals surface area contributed by atoms with Crippen LogP contribution in [0.3, 0.4) is 0 Å². The number of phenolic OH excluding ortho intramolecular Hbond substituents is 8. The smallest absolute Gasteiger partial charge is 0.264 e. The highest BCUT2D eigenvalue weighted by Crippen LogP contribution is 2.54. The number of fused-ring (bicyclic) bond motifs is 8. The van der Waals surface area contributed by atoms with Gasteiger partial charge in [0.05, 0.1) is 23.0 Å². The van der Waals surface area contributed by atoms with Crippen molar-refractivity contribution in [2.24, 2.45) is 0 Å². The third-order valence-corrected chi connectivity index (χ3v) is 14.9. The van der Waals surface area contributed by atoms with Gasteiger partial charge in [-0.1, -0.05) is 0 Å². The molecule has 1 aliphatic rings. The van der Waals surface area contributed by atoms with Gasteiger partial charge in [0.25, 0.3) is 40.5 Å². The molecule has 352 valence electrons. The largest absolute Gasteiger partial charge is 0.507 e. The van der Waals surface area contributed by atoms with Crippen LogP contribution in [-0.2, 0) is 40.5 Å². The summed E-state index contributed by atoms with van der Waals surface area (Å²) in [7, 11) is -19.4. The third-order valence-electron chi connectivity index (χ3n) is 11.9. The van der Waals surface area contributed by atoms with Crippen LogP contribution in [0.15, 0.2) is 24.3 Å². The summed E-state index contributed by atoms with van der Waals surface area (Å²) in [4.78, 5) is 0. The number of phenols is 8. The molecular formula is C40H48O20S4. The highest BCUT2D eigenvalue weighted by molar-refractivity contribution is 7.86. The molecule has 0 heterocycles. The van der Waals surface area contributed by atoms with Gasteiger partial charge in [-0.05, 0) is 77.6 Å². The minimum absolute atomic E-state index is 0.314. The lowest BCUT2D eigenvalue weighted by Crippen LogP contribution is -2.17. The minimum Gasteiger partial charge on any atom is -0.507 e. The summed E-state index contributed by atoms with van der Waals surface area (Å²) in [5.41, 5.74) is -3.88. The lowest BCUT2D eigenvalue weighted by molar-refractivity contribution is 0.413. The van der Waals surface area contributed by atoms with Crippen molar-refractivity contribution in [3.63, 3.8) is 0 Å². The van der Waals surface area contributed by atoms with E-state index >= 15 is 0 Å². The fraction of sp³-hybridized carbons (Fsp3) is 0.400. The first-order chi connectivity index (χ1) is 29.2. The van der Waals surface area contributed by atoms with E-state index in [1.54, 1.807) is 0 Å². The third kappa shape index (κ3) is 10.4. The first-order valence-electron chi connectivity index (χ1n) is 19.3. The van der Waals surface area contributed by atoms with E-state index in [4.69, 9.17) is 0 Å². The molecule has 0 fully saturated rings. The quantitative estimate of drug-likeness (QED) is 0.0868. The summed E-state index contributed by atoms with van der Waals surface area (Å²) >= 11 is 0. The first kappa shape index (κ1) is 49.9. The van der Waals surface area contributed by atoms with E-state index in [0.717, 1.165) is 24.3 Å². The van der Waals surface area contributed by atoms with Crippen molar-refractivity contribution in [2.75, 3.05) is 23.0 Å². The second-order valence-corrected chi connectivity index (χ2v) is 22.3. The van der Waals surface area contributed by atoms with Crippen LogP contribution in [-0.4, -0.2) is 116 Å². The molecule has 4 aromatic carbocycles. The summed E-state index contributed by atoms with van der Waals surface area (Å²) in [5, 5.41) is 93.7. The number of hydrogen-bond donors (Lipinski definition) is 12. The minimum atomic E-state index is -4.85. The van der Waals surface area contributed by atoms with E-state index in [1.165, 1.54) is 27.7 Å². The van der Waals surface area contributed by atoms with Crippen LogP contribution in [0.2, 0.25) is 0 Å². The molecule has 0 atom stereocenters. The van der Waals surface area contributed by atoms with Crippen LogP contribution in [0.1, 0.15) is 116 Å². The van der Waals surface area contributed by atoms with E-state index in [1.807, 2.05) is 0 Å². The maximum absolute atomic E-state index is 12.3. The number of benzene rings is 4. The molecule has 64 heavy (non-hydrogen) atoms. The van der Waals surface area contributed by atoms with Crippen molar-refractivity contribution in [3.8, 4) is 46.0 Å². The molecule has 20 nitrogen and oxygen atoms in total. The number of aromatic hydroxyl groups is 8. The molecule has 0 saturated heterocycles. The Morgan fingerprint density at radius 2 is 0.438 bits per heavy atom. The summed E-state index contributed by atoms with van der Waals surface area (Å²) < 4.78 is 138. The first-order valence-corrected chi connectivity index (χ1v) is 25.7. The molecule has 0 unspecified atom stereocenters. The van der Waals surface area contributed by atoms with Gasteiger partial charge in [-0.3, -0.25) is 18.2 Å². The maximum atomic E-state index is 12.3. The van der Waals surface area contributed by atoms with Gasteiger partial charge in [-0.25, -0.2) is 0 Å². The lowest BCUT2D eigenvalue weighted by atomic mass is 9.76. The Balaban J connectivity index is 2.12. The Kier molecular flexibility index (Phi) is 13.8. The second-order valence-electron chi connectivity index (χ2n) is 16.0. The van der Waals surface area contributed by atoms with E-state index in [-0.39, 0.29) is 66.8 Å². The zero-order chi connectivity index (χ0) is 48.3. The van der Waals surface area contributed by atoms with E-state index in [9.17, 15) is 92.7 Å². The maximum Gasteiger partial charge on any atom is 0.264 e. The van der Waals surface area contributed by atoms with Crippen molar-refractivity contribution < 1.29 is 92.7 Å². The van der Waals surface area contributed by atoms with Crippen LogP contribution in [0.4, 0.5) is 0 Å². The molecular weight excluding hydrogens is 929 g/mol. The number of hydrogen-bond acceptors (Lipinski definition) is 16. The van der Waals surface area contributed by atoms with Crippen molar-refractivity contribution in [1.82, 2.24) is 0 Å². The highest BCUT2D eigenvalue weighted by atomic mass is 32.2. The molecule has 5 rings (SSSR count). The Morgan fingerprint density at radius 3 is 0.547 bits per heavy atom. The Hall–Kier alpha value is -5.08. The van der Waals surface area contributed by atoms with Gasteiger partial charge in [0.2, 0.25) is 0 Å².